The number of fused-ring (bicyclic) bond motifs is 1. The van der Waals surface area contributed by atoms with Gasteiger partial charge in [-0.1, -0.05) is 0 Å². The molecular formula is C19H17FN4O3. The first kappa shape index (κ1) is 18.1. The number of amides is 1. The summed E-state index contributed by atoms with van der Waals surface area (Å²) in [5.74, 6) is -2.17. The Balaban J connectivity index is 2.13. The lowest BCUT2D eigenvalue weighted by molar-refractivity contribution is -0.131. The number of aliphatic carboxylic acids is 1. The molecule has 27 heavy (non-hydrogen) atoms. The van der Waals surface area contributed by atoms with Crippen molar-refractivity contribution in [1.29, 1.82) is 0 Å². The molecule has 0 saturated carbocycles. The zero-order valence-electron chi connectivity index (χ0n) is 14.7. The lowest BCUT2D eigenvalue weighted by atomic mass is 10.0. The molecule has 1 aromatic carbocycles. The van der Waals surface area contributed by atoms with Gasteiger partial charge in [0.1, 0.15) is 11.5 Å². The Morgan fingerprint density at radius 1 is 1.26 bits per heavy atom. The van der Waals surface area contributed by atoms with Crippen molar-refractivity contribution in [2.75, 3.05) is 19.8 Å². The Kier molecular flexibility index (Phi) is 4.64. The second-order valence-electron chi connectivity index (χ2n) is 6.15. The van der Waals surface area contributed by atoms with E-state index in [1.807, 2.05) is 0 Å². The number of aromatic amines is 1. The van der Waals surface area contributed by atoms with Gasteiger partial charge in [0.15, 0.2) is 0 Å². The number of nitrogens with zero attached hydrogens (tertiary/aromatic N) is 2. The summed E-state index contributed by atoms with van der Waals surface area (Å²) in [4.78, 5) is 31.6. The summed E-state index contributed by atoms with van der Waals surface area (Å²) in [7, 11) is 3.11. The molecule has 0 aliphatic heterocycles. The highest BCUT2D eigenvalue weighted by molar-refractivity contribution is 6.00. The molecule has 0 saturated heterocycles. The molecular weight excluding hydrogens is 351 g/mol. The lowest BCUT2D eigenvalue weighted by Gasteiger charge is -2.14. The van der Waals surface area contributed by atoms with Gasteiger partial charge in [-0.05, 0) is 29.8 Å². The molecule has 0 bridgehead atoms. The average Bonchev–Trinajstić information content (AvgIpc) is 3.03. The number of nitrogens with two attached hydrogens (primary N) is 1. The minimum atomic E-state index is -1.07. The summed E-state index contributed by atoms with van der Waals surface area (Å²) in [5.41, 5.74) is 7.78. The van der Waals surface area contributed by atoms with Crippen molar-refractivity contribution in [2.45, 2.75) is 0 Å². The summed E-state index contributed by atoms with van der Waals surface area (Å²) in [5, 5.41) is 9.47. The first-order chi connectivity index (χ1) is 12.8. The van der Waals surface area contributed by atoms with E-state index in [1.165, 1.54) is 23.1 Å². The van der Waals surface area contributed by atoms with Gasteiger partial charge in [0, 0.05) is 49.1 Å². The fourth-order valence-electron chi connectivity index (χ4n) is 2.68. The monoisotopic (exact) mass is 368 g/mol. The van der Waals surface area contributed by atoms with Gasteiger partial charge in [-0.2, -0.15) is 0 Å². The molecule has 2 heterocycles. The highest BCUT2D eigenvalue weighted by Crippen LogP contribution is 2.29. The van der Waals surface area contributed by atoms with Crippen LogP contribution in [0.1, 0.15) is 15.9 Å². The Morgan fingerprint density at radius 3 is 2.67 bits per heavy atom. The van der Waals surface area contributed by atoms with E-state index in [-0.39, 0.29) is 11.3 Å². The maximum absolute atomic E-state index is 14.3. The molecule has 138 valence electrons. The molecule has 7 nitrogen and oxygen atoms in total. The predicted octanol–water partition coefficient (Wildman–Crippen LogP) is 2.75. The maximum atomic E-state index is 14.3. The molecule has 0 spiro atoms. The highest BCUT2D eigenvalue weighted by atomic mass is 19.1. The number of aromatic nitrogens is 2. The summed E-state index contributed by atoms with van der Waals surface area (Å²) < 4.78 is 14.3. The molecule has 0 fully saturated rings. The molecule has 3 aromatic rings. The zero-order chi connectivity index (χ0) is 19.7. The van der Waals surface area contributed by atoms with Crippen LogP contribution < -0.4 is 5.73 Å². The van der Waals surface area contributed by atoms with Gasteiger partial charge in [0.05, 0.1) is 11.3 Å². The Labute approximate surface area is 153 Å². The van der Waals surface area contributed by atoms with Crippen molar-refractivity contribution in [2.24, 2.45) is 0 Å². The molecule has 0 aliphatic rings. The summed E-state index contributed by atoms with van der Waals surface area (Å²) in [6, 6.07) is 4.50. The third kappa shape index (κ3) is 3.50. The molecule has 0 aliphatic carbocycles. The Morgan fingerprint density at radius 2 is 2.00 bits per heavy atom. The van der Waals surface area contributed by atoms with Gasteiger partial charge in [-0.25, -0.2) is 14.2 Å². The summed E-state index contributed by atoms with van der Waals surface area (Å²) in [6.07, 6.45) is 5.63. The number of anilines is 1. The van der Waals surface area contributed by atoms with Gasteiger partial charge in [-0.3, -0.25) is 4.79 Å². The fraction of sp³-hybridized carbons (Fsp3) is 0.105. The molecule has 2 aromatic heterocycles. The number of carbonyl (C=O) groups is 2. The second kappa shape index (κ2) is 6.91. The van der Waals surface area contributed by atoms with Crippen molar-refractivity contribution in [1.82, 2.24) is 14.9 Å². The number of hydrogen-bond donors (Lipinski definition) is 3. The van der Waals surface area contributed by atoms with Crippen LogP contribution in [-0.4, -0.2) is 45.9 Å². The van der Waals surface area contributed by atoms with Crippen molar-refractivity contribution in [3.05, 3.63) is 53.6 Å². The van der Waals surface area contributed by atoms with Crippen LogP contribution in [0.2, 0.25) is 0 Å². The number of rotatable bonds is 4. The van der Waals surface area contributed by atoms with Crippen molar-refractivity contribution in [3.63, 3.8) is 0 Å². The van der Waals surface area contributed by atoms with Crippen molar-refractivity contribution < 1.29 is 19.1 Å². The van der Waals surface area contributed by atoms with E-state index in [9.17, 15) is 14.0 Å². The van der Waals surface area contributed by atoms with Gasteiger partial charge in [0.2, 0.25) is 0 Å². The van der Waals surface area contributed by atoms with E-state index in [1.54, 1.807) is 32.6 Å². The first-order valence-corrected chi connectivity index (χ1v) is 7.97. The van der Waals surface area contributed by atoms with Crippen LogP contribution in [0.5, 0.6) is 0 Å². The van der Waals surface area contributed by atoms with Crippen LogP contribution in [0, 0.1) is 5.82 Å². The Bertz CT molecular complexity index is 1090. The number of nitrogen functional groups attached to an aromatic ring is 1. The number of carboxylic acids is 1. The van der Waals surface area contributed by atoms with E-state index < -0.39 is 17.7 Å². The summed E-state index contributed by atoms with van der Waals surface area (Å²) >= 11 is 0. The van der Waals surface area contributed by atoms with Crippen LogP contribution in [0.3, 0.4) is 0 Å². The third-order valence-electron chi connectivity index (χ3n) is 4.07. The van der Waals surface area contributed by atoms with E-state index in [0.29, 0.717) is 27.7 Å². The average molecular weight is 368 g/mol. The largest absolute Gasteiger partial charge is 0.478 e. The van der Waals surface area contributed by atoms with Crippen molar-refractivity contribution >= 4 is 34.7 Å². The fourth-order valence-corrected chi connectivity index (χ4v) is 2.68. The molecule has 4 N–H and O–H groups in total. The third-order valence-corrected chi connectivity index (χ3v) is 4.07. The van der Waals surface area contributed by atoms with E-state index >= 15 is 0 Å². The van der Waals surface area contributed by atoms with Gasteiger partial charge in [0.25, 0.3) is 5.91 Å². The highest BCUT2D eigenvalue weighted by Gasteiger charge is 2.17. The quantitative estimate of drug-likeness (QED) is 0.484. The van der Waals surface area contributed by atoms with Crippen molar-refractivity contribution in [3.8, 4) is 11.1 Å². The second-order valence-corrected chi connectivity index (χ2v) is 6.15. The van der Waals surface area contributed by atoms with E-state index in [2.05, 4.69) is 9.97 Å². The Hall–Kier alpha value is -3.68. The van der Waals surface area contributed by atoms with E-state index in [4.69, 9.17) is 10.8 Å². The normalized spacial score (nSPS) is 11.2. The summed E-state index contributed by atoms with van der Waals surface area (Å²) in [6.45, 7) is 0. The van der Waals surface area contributed by atoms with E-state index in [0.717, 1.165) is 6.08 Å². The van der Waals surface area contributed by atoms with Gasteiger partial charge in [-0.15, -0.1) is 0 Å². The number of halogens is 1. The number of pyridine rings is 1. The van der Waals surface area contributed by atoms with Crippen LogP contribution >= 0.6 is 0 Å². The van der Waals surface area contributed by atoms with Crippen LogP contribution in [-0.2, 0) is 4.79 Å². The predicted molar refractivity (Wildman–Crippen MR) is 101 cm³/mol. The topological polar surface area (TPSA) is 112 Å². The number of hydrogen-bond acceptors (Lipinski definition) is 4. The molecule has 0 atom stereocenters. The van der Waals surface area contributed by atoms with Gasteiger partial charge >= 0.3 is 5.97 Å². The molecule has 0 unspecified atom stereocenters. The molecule has 0 radical (unpaired) electrons. The minimum Gasteiger partial charge on any atom is -0.478 e. The van der Waals surface area contributed by atoms with Crippen LogP contribution in [0.25, 0.3) is 28.2 Å². The number of benzene rings is 1. The maximum Gasteiger partial charge on any atom is 0.328 e. The standard InChI is InChI=1S/C19H17FN4O3/c1-24(2)19(27)14-5-11(7-15(20)17(14)21)12-6-13-10(3-4-16(25)26)8-22-18(13)23-9-12/h3-9H,21H2,1-2H3,(H,22,23)(H,25,26)/b4-3+. The zero-order valence-corrected chi connectivity index (χ0v) is 14.7. The lowest BCUT2D eigenvalue weighted by Crippen LogP contribution is -2.23. The smallest absolute Gasteiger partial charge is 0.328 e. The van der Waals surface area contributed by atoms with Crippen LogP contribution in [0.15, 0.2) is 36.7 Å². The van der Waals surface area contributed by atoms with Gasteiger partial charge < -0.3 is 20.7 Å². The number of carbonyl (C=O) groups excluding carboxylic acids is 1. The molecule has 1 amide bonds. The molecule has 8 heteroatoms. The number of H-pyrrole nitrogens is 1. The number of carboxylic acid groups (broad SMARTS) is 1. The number of nitrogens with one attached hydrogen (secondary N) is 1. The SMILES string of the molecule is CN(C)C(=O)c1cc(-c2cnc3[nH]cc(/C=C/C(=O)O)c3c2)cc(F)c1N. The first-order valence-electron chi connectivity index (χ1n) is 7.97. The minimum absolute atomic E-state index is 0.0650. The van der Waals surface area contributed by atoms with Crippen LogP contribution in [0.4, 0.5) is 10.1 Å². The molecule has 3 rings (SSSR count).